The summed E-state index contributed by atoms with van der Waals surface area (Å²) in [4.78, 5) is 31.3. The number of piperidine rings is 1. The zero-order valence-electron chi connectivity index (χ0n) is 18.1. The van der Waals surface area contributed by atoms with Crippen LogP contribution in [0.5, 0.6) is 0 Å². The molecule has 0 saturated carbocycles. The molecule has 0 unspecified atom stereocenters. The minimum atomic E-state index is -0.0717. The summed E-state index contributed by atoms with van der Waals surface area (Å²) in [5.74, 6) is 0.121. The Balaban J connectivity index is 0.000000174. The molecule has 0 aliphatic carbocycles. The average Bonchev–Trinajstić information content (AvgIpc) is 3.07. The van der Waals surface area contributed by atoms with Gasteiger partial charge in [-0.2, -0.15) is 5.26 Å². The number of Topliss-reactive ketones (excluding diaryl/α,β-unsaturated/α-hetero) is 1. The number of nitrogens with zero attached hydrogens (tertiary/aromatic N) is 3. The molecule has 164 valence electrons. The zero-order valence-corrected chi connectivity index (χ0v) is 19.7. The first kappa shape index (κ1) is 22.3. The van der Waals surface area contributed by atoms with E-state index in [1.165, 1.54) is 5.39 Å². The van der Waals surface area contributed by atoms with Crippen LogP contribution in [0.1, 0.15) is 46.4 Å². The van der Waals surface area contributed by atoms with Gasteiger partial charge in [-0.3, -0.25) is 9.59 Å². The summed E-state index contributed by atoms with van der Waals surface area (Å²) in [6, 6.07) is 11.5. The molecule has 5 rings (SSSR count). The van der Waals surface area contributed by atoms with E-state index in [0.717, 1.165) is 58.3 Å². The summed E-state index contributed by atoms with van der Waals surface area (Å²) in [7, 11) is 0. The van der Waals surface area contributed by atoms with Gasteiger partial charge in [-0.05, 0) is 62.6 Å². The van der Waals surface area contributed by atoms with Crippen molar-refractivity contribution in [3.8, 4) is 6.07 Å². The minimum absolute atomic E-state index is 0.0717. The molecule has 1 aromatic carbocycles. The second-order valence-electron chi connectivity index (χ2n) is 8.25. The van der Waals surface area contributed by atoms with Gasteiger partial charge in [0.05, 0.1) is 16.6 Å². The van der Waals surface area contributed by atoms with Crippen LogP contribution in [0.2, 0.25) is 0 Å². The van der Waals surface area contributed by atoms with Crippen molar-refractivity contribution in [2.24, 2.45) is 0 Å². The molecular formula is C24H24N4O2S2. The smallest absolute Gasteiger partial charge is 0.209 e. The Morgan fingerprint density at radius 3 is 2.66 bits per heavy atom. The highest BCUT2D eigenvalue weighted by Gasteiger charge is 2.41. The van der Waals surface area contributed by atoms with Crippen molar-refractivity contribution >= 4 is 50.5 Å². The number of carbonyl (C=O) groups is 2. The molecule has 32 heavy (non-hydrogen) atoms. The lowest BCUT2D eigenvalue weighted by molar-refractivity contribution is -0.119. The molecule has 6 nitrogen and oxygen atoms in total. The monoisotopic (exact) mass is 464 g/mol. The lowest BCUT2D eigenvalue weighted by Crippen LogP contribution is -2.44. The number of aromatic nitrogens is 1. The number of nitriles is 1. The van der Waals surface area contributed by atoms with Crippen molar-refractivity contribution < 1.29 is 9.59 Å². The number of thiophene rings is 1. The van der Waals surface area contributed by atoms with Gasteiger partial charge >= 0.3 is 0 Å². The van der Waals surface area contributed by atoms with Crippen molar-refractivity contribution in [3.63, 3.8) is 0 Å². The van der Waals surface area contributed by atoms with Gasteiger partial charge in [-0.1, -0.05) is 11.3 Å². The molecule has 0 bridgehead atoms. The fraction of sp³-hybridized carbons (Fsp3) is 0.333. The summed E-state index contributed by atoms with van der Waals surface area (Å²) in [6.07, 6.45) is 3.09. The van der Waals surface area contributed by atoms with Gasteiger partial charge in [0, 0.05) is 45.8 Å². The SMILES string of the molecule is Cc1ccc2c(C)c(N)sc2n1.N#Cc1ccc2c(c1)C(=O)CC1(CCN(C=O)CC1)S2. The third-order valence-electron chi connectivity index (χ3n) is 6.06. The number of fused-ring (bicyclic) bond motifs is 2. The van der Waals surface area contributed by atoms with Crippen LogP contribution < -0.4 is 5.73 Å². The zero-order chi connectivity index (χ0) is 22.9. The van der Waals surface area contributed by atoms with Gasteiger partial charge in [0.25, 0.3) is 0 Å². The molecule has 3 aromatic rings. The topological polar surface area (TPSA) is 100 Å². The van der Waals surface area contributed by atoms with Crippen LogP contribution in [0.4, 0.5) is 5.00 Å². The summed E-state index contributed by atoms with van der Waals surface area (Å²) in [5, 5.41) is 11.0. The maximum absolute atomic E-state index is 12.4. The molecule has 0 atom stereocenters. The minimum Gasteiger partial charge on any atom is -0.390 e. The van der Waals surface area contributed by atoms with Crippen LogP contribution >= 0.6 is 23.1 Å². The third kappa shape index (κ3) is 4.36. The fourth-order valence-corrected chi connectivity index (χ4v) is 6.56. The molecule has 2 aliphatic rings. The van der Waals surface area contributed by atoms with Crippen molar-refractivity contribution in [2.75, 3.05) is 18.8 Å². The average molecular weight is 465 g/mol. The van der Waals surface area contributed by atoms with Crippen molar-refractivity contribution in [1.82, 2.24) is 9.88 Å². The maximum atomic E-state index is 12.4. The largest absolute Gasteiger partial charge is 0.390 e. The highest BCUT2D eigenvalue weighted by molar-refractivity contribution is 8.01. The lowest BCUT2D eigenvalue weighted by atomic mass is 9.88. The summed E-state index contributed by atoms with van der Waals surface area (Å²) in [5.41, 5.74) is 9.19. The van der Waals surface area contributed by atoms with Gasteiger partial charge in [-0.15, -0.1) is 11.8 Å². The predicted molar refractivity (Wildman–Crippen MR) is 129 cm³/mol. The van der Waals surface area contributed by atoms with E-state index in [4.69, 9.17) is 11.0 Å². The summed E-state index contributed by atoms with van der Waals surface area (Å²) in [6.45, 7) is 5.46. The van der Waals surface area contributed by atoms with E-state index >= 15 is 0 Å². The molecule has 1 amide bonds. The molecule has 1 fully saturated rings. The predicted octanol–water partition coefficient (Wildman–Crippen LogP) is 4.72. The maximum Gasteiger partial charge on any atom is 0.209 e. The number of aryl methyl sites for hydroxylation is 2. The number of pyridine rings is 1. The first-order chi connectivity index (χ1) is 15.3. The Hall–Kier alpha value is -2.89. The molecule has 0 radical (unpaired) electrons. The number of nitrogen functional groups attached to an aromatic ring is 1. The van der Waals surface area contributed by atoms with Crippen LogP contribution in [0.3, 0.4) is 0 Å². The summed E-state index contributed by atoms with van der Waals surface area (Å²) < 4.78 is -0.0717. The lowest BCUT2D eigenvalue weighted by Gasteiger charge is -2.42. The van der Waals surface area contributed by atoms with Gasteiger partial charge in [-0.25, -0.2) is 4.98 Å². The van der Waals surface area contributed by atoms with Gasteiger partial charge in [0.2, 0.25) is 6.41 Å². The van der Waals surface area contributed by atoms with E-state index < -0.39 is 0 Å². The normalized spacial score (nSPS) is 16.8. The van der Waals surface area contributed by atoms with Gasteiger partial charge in [0.1, 0.15) is 4.83 Å². The molecule has 2 aromatic heterocycles. The van der Waals surface area contributed by atoms with Crippen LogP contribution in [0.15, 0.2) is 35.2 Å². The Bertz CT molecular complexity index is 1240. The molecule has 2 aliphatic heterocycles. The number of carbonyl (C=O) groups excluding carboxylic acids is 2. The molecule has 1 saturated heterocycles. The first-order valence-electron chi connectivity index (χ1n) is 10.4. The van der Waals surface area contributed by atoms with E-state index in [1.807, 2.05) is 26.0 Å². The van der Waals surface area contributed by atoms with Crippen molar-refractivity contribution in [1.29, 1.82) is 5.26 Å². The fourth-order valence-electron chi connectivity index (χ4n) is 4.09. The van der Waals surface area contributed by atoms with Crippen molar-refractivity contribution in [2.45, 2.75) is 42.8 Å². The van der Waals surface area contributed by atoms with E-state index in [9.17, 15) is 9.59 Å². The van der Waals surface area contributed by atoms with Crippen molar-refractivity contribution in [3.05, 3.63) is 52.7 Å². The number of rotatable bonds is 1. The summed E-state index contributed by atoms with van der Waals surface area (Å²) >= 11 is 3.30. The molecular weight excluding hydrogens is 440 g/mol. The van der Waals surface area contributed by atoms with Crippen LogP contribution in [-0.2, 0) is 4.79 Å². The number of likely N-dealkylation sites (tertiary alicyclic amines) is 1. The number of thioether (sulfide) groups is 1. The number of ketones is 1. The van der Waals surface area contributed by atoms with E-state index in [-0.39, 0.29) is 10.5 Å². The first-order valence-corrected chi connectivity index (χ1v) is 12.1. The molecule has 2 N–H and O–H groups in total. The van der Waals surface area contributed by atoms with Crippen LogP contribution in [0, 0.1) is 25.2 Å². The van der Waals surface area contributed by atoms with E-state index in [0.29, 0.717) is 17.5 Å². The number of nitrogens with two attached hydrogens (primary N) is 1. The number of anilines is 1. The highest BCUT2D eigenvalue weighted by Crippen LogP contribution is 2.48. The number of benzene rings is 1. The number of hydrogen-bond donors (Lipinski definition) is 1. The molecule has 8 heteroatoms. The molecule has 1 spiro atoms. The second kappa shape index (κ2) is 8.93. The third-order valence-corrected chi connectivity index (χ3v) is 8.65. The van der Waals surface area contributed by atoms with E-state index in [2.05, 4.69) is 17.1 Å². The standard InChI is InChI=1S/C15H14N2O2S.C9H10N2S/c16-9-11-1-2-14-12(7-11)13(19)8-15(20-14)3-5-17(10-18)6-4-15;1-5-3-4-7-6(2)8(10)12-9(7)11-5/h1-2,7,10H,3-6,8H2;3-4H,10H2,1-2H3. The second-order valence-corrected chi connectivity index (χ2v) is 10.8. The Labute approximate surface area is 195 Å². The van der Waals surface area contributed by atoms with Crippen LogP contribution in [0.25, 0.3) is 10.2 Å². The van der Waals surface area contributed by atoms with Crippen LogP contribution in [-0.4, -0.2) is 39.9 Å². The molecule has 4 heterocycles. The number of amides is 1. The van der Waals surface area contributed by atoms with Gasteiger partial charge in [0.15, 0.2) is 5.78 Å². The highest BCUT2D eigenvalue weighted by atomic mass is 32.2. The number of hydrogen-bond acceptors (Lipinski definition) is 7. The van der Waals surface area contributed by atoms with E-state index in [1.54, 1.807) is 40.1 Å². The Kier molecular flexibility index (Phi) is 6.22. The Morgan fingerprint density at radius 1 is 1.22 bits per heavy atom. The quantitative estimate of drug-likeness (QED) is 0.523. The van der Waals surface area contributed by atoms with Gasteiger partial charge < -0.3 is 10.6 Å². The Morgan fingerprint density at radius 2 is 1.97 bits per heavy atom.